The van der Waals surface area contributed by atoms with Crippen molar-refractivity contribution >= 4 is 53.1 Å². The predicted molar refractivity (Wildman–Crippen MR) is 127 cm³/mol. The number of aliphatic carboxylic acids is 1. The molecule has 0 aliphatic rings. The number of aromatic amines is 1. The Labute approximate surface area is 200 Å². The molecule has 184 valence electrons. The number of H-pyrrole nitrogens is 1. The number of rotatable bonds is 13. The third-order valence-corrected chi connectivity index (χ3v) is 5.36. The fourth-order valence-corrected chi connectivity index (χ4v) is 3.45. The van der Waals surface area contributed by atoms with Crippen molar-refractivity contribution in [2.24, 2.45) is 11.5 Å². The predicted octanol–water partition coefficient (Wildman–Crippen LogP) is -1.60. The minimum atomic E-state index is -1.24. The van der Waals surface area contributed by atoms with Crippen molar-refractivity contribution in [1.82, 2.24) is 20.9 Å². The molecule has 0 saturated carbocycles. The van der Waals surface area contributed by atoms with E-state index in [4.69, 9.17) is 16.6 Å². The van der Waals surface area contributed by atoms with E-state index in [9.17, 15) is 24.0 Å². The van der Waals surface area contributed by atoms with Gasteiger partial charge in [0.1, 0.15) is 18.6 Å². The van der Waals surface area contributed by atoms with Crippen LogP contribution in [0, 0.1) is 0 Å². The summed E-state index contributed by atoms with van der Waals surface area (Å²) in [5, 5.41) is 17.0. The van der Waals surface area contributed by atoms with Crippen molar-refractivity contribution in [1.29, 1.82) is 0 Å². The Morgan fingerprint density at radius 2 is 1.71 bits per heavy atom. The number of hydrogen-bond donors (Lipinski definition) is 8. The maximum atomic E-state index is 12.8. The summed E-state index contributed by atoms with van der Waals surface area (Å²) in [6, 6.07) is 4.04. The molecular weight excluding hydrogens is 464 g/mol. The van der Waals surface area contributed by atoms with Gasteiger partial charge >= 0.3 is 5.97 Å². The van der Waals surface area contributed by atoms with E-state index in [1.54, 1.807) is 6.20 Å². The van der Waals surface area contributed by atoms with Gasteiger partial charge in [0.05, 0.1) is 6.04 Å². The highest BCUT2D eigenvalue weighted by molar-refractivity contribution is 7.80. The molecule has 34 heavy (non-hydrogen) atoms. The standard InChI is InChI=1S/C21H28N6O6S/c22-13(5-6-17(23)28)19(31)27-16(10-34)21(33)26-15(20(32)25-9-18(29)30)7-11-8-24-14-4-2-1-3-12(11)14/h1-4,8,13,15-16,24,34H,5-7,9-10,22H2,(H2,23,28)(H,25,32)(H,26,33)(H,27,31)(H,29,30). The van der Waals surface area contributed by atoms with E-state index in [-0.39, 0.29) is 25.0 Å². The Morgan fingerprint density at radius 3 is 2.35 bits per heavy atom. The van der Waals surface area contributed by atoms with Crippen LogP contribution in [0.3, 0.4) is 0 Å². The lowest BCUT2D eigenvalue weighted by Gasteiger charge is -2.23. The molecule has 0 aliphatic heterocycles. The van der Waals surface area contributed by atoms with Crippen LogP contribution in [-0.2, 0) is 30.4 Å². The molecule has 0 saturated heterocycles. The van der Waals surface area contributed by atoms with Crippen LogP contribution in [-0.4, -0.2) is 70.1 Å². The molecule has 0 spiro atoms. The van der Waals surface area contributed by atoms with Crippen LogP contribution in [0.5, 0.6) is 0 Å². The summed E-state index contributed by atoms with van der Waals surface area (Å²) in [5.74, 6) is -4.05. The van der Waals surface area contributed by atoms with Gasteiger partial charge in [-0.1, -0.05) is 18.2 Å². The number of carbonyl (C=O) groups excluding carboxylic acids is 4. The molecule has 1 aromatic heterocycles. The van der Waals surface area contributed by atoms with Gasteiger partial charge in [0, 0.05) is 35.7 Å². The number of benzene rings is 1. The number of carboxylic acid groups (broad SMARTS) is 1. The van der Waals surface area contributed by atoms with Gasteiger partial charge in [0.15, 0.2) is 0 Å². The van der Waals surface area contributed by atoms with E-state index in [0.717, 1.165) is 16.5 Å². The van der Waals surface area contributed by atoms with Gasteiger partial charge in [-0.2, -0.15) is 12.6 Å². The highest BCUT2D eigenvalue weighted by Gasteiger charge is 2.28. The highest BCUT2D eigenvalue weighted by atomic mass is 32.1. The fourth-order valence-electron chi connectivity index (χ4n) is 3.19. The zero-order chi connectivity index (χ0) is 25.3. The minimum Gasteiger partial charge on any atom is -0.480 e. The van der Waals surface area contributed by atoms with Crippen LogP contribution in [0.2, 0.25) is 0 Å². The summed E-state index contributed by atoms with van der Waals surface area (Å²) in [7, 11) is 0. The summed E-state index contributed by atoms with van der Waals surface area (Å²) in [6.45, 7) is -0.624. The van der Waals surface area contributed by atoms with Crippen LogP contribution in [0.1, 0.15) is 18.4 Å². The molecule has 2 rings (SSSR count). The summed E-state index contributed by atoms with van der Waals surface area (Å²) in [4.78, 5) is 62.6. The molecule has 9 N–H and O–H groups in total. The smallest absolute Gasteiger partial charge is 0.322 e. The summed E-state index contributed by atoms with van der Waals surface area (Å²) in [5.41, 5.74) is 12.3. The molecule has 0 radical (unpaired) electrons. The molecule has 1 aromatic carbocycles. The normalized spacial score (nSPS) is 13.5. The molecule has 1 heterocycles. The summed E-state index contributed by atoms with van der Waals surface area (Å²) in [6.07, 6.45) is 1.67. The molecule has 0 fully saturated rings. The Bertz CT molecular complexity index is 1060. The van der Waals surface area contributed by atoms with E-state index in [0.29, 0.717) is 0 Å². The topological polar surface area (TPSA) is 209 Å². The second kappa shape index (κ2) is 12.6. The van der Waals surface area contributed by atoms with Crippen LogP contribution in [0.15, 0.2) is 30.5 Å². The molecule has 0 bridgehead atoms. The van der Waals surface area contributed by atoms with Gasteiger partial charge in [0.25, 0.3) is 0 Å². The zero-order valence-electron chi connectivity index (χ0n) is 18.2. The number of para-hydroxylation sites is 1. The van der Waals surface area contributed by atoms with Gasteiger partial charge in [-0.3, -0.25) is 24.0 Å². The van der Waals surface area contributed by atoms with E-state index >= 15 is 0 Å². The summed E-state index contributed by atoms with van der Waals surface area (Å²) >= 11 is 4.09. The first-order chi connectivity index (χ1) is 16.1. The quantitative estimate of drug-likeness (QED) is 0.153. The van der Waals surface area contributed by atoms with E-state index in [1.807, 2.05) is 24.3 Å². The van der Waals surface area contributed by atoms with Gasteiger partial charge in [-0.15, -0.1) is 0 Å². The number of carbonyl (C=O) groups is 5. The number of aromatic nitrogens is 1. The monoisotopic (exact) mass is 492 g/mol. The van der Waals surface area contributed by atoms with Crippen LogP contribution in [0.25, 0.3) is 10.9 Å². The number of carboxylic acids is 1. The number of amides is 4. The molecule has 3 atom stereocenters. The lowest BCUT2D eigenvalue weighted by Crippen LogP contribution is -2.57. The Balaban J connectivity index is 2.13. The largest absolute Gasteiger partial charge is 0.480 e. The Kier molecular flexibility index (Phi) is 9.89. The van der Waals surface area contributed by atoms with Crippen molar-refractivity contribution in [3.05, 3.63) is 36.0 Å². The van der Waals surface area contributed by atoms with Gasteiger partial charge in [0.2, 0.25) is 23.6 Å². The molecule has 13 heteroatoms. The number of primary amides is 1. The third-order valence-electron chi connectivity index (χ3n) is 5.00. The van der Waals surface area contributed by atoms with Gasteiger partial charge in [-0.05, 0) is 18.1 Å². The number of thiol groups is 1. The van der Waals surface area contributed by atoms with Crippen molar-refractivity contribution in [2.75, 3.05) is 12.3 Å². The first-order valence-electron chi connectivity index (χ1n) is 10.4. The van der Waals surface area contributed by atoms with Crippen molar-refractivity contribution < 1.29 is 29.1 Å². The Hall–Kier alpha value is -3.58. The molecular formula is C21H28N6O6S. The van der Waals surface area contributed by atoms with E-state index in [2.05, 4.69) is 33.6 Å². The first-order valence-corrected chi connectivity index (χ1v) is 11.1. The average Bonchev–Trinajstić information content (AvgIpc) is 3.21. The van der Waals surface area contributed by atoms with Crippen molar-refractivity contribution in [3.8, 4) is 0 Å². The van der Waals surface area contributed by atoms with Crippen LogP contribution in [0.4, 0.5) is 0 Å². The fraction of sp³-hybridized carbons (Fsp3) is 0.381. The number of nitrogens with two attached hydrogens (primary N) is 2. The molecule has 3 unspecified atom stereocenters. The average molecular weight is 493 g/mol. The second-order valence-corrected chi connectivity index (χ2v) is 7.96. The third kappa shape index (κ3) is 7.78. The van der Waals surface area contributed by atoms with Gasteiger partial charge < -0.3 is 37.5 Å². The van der Waals surface area contributed by atoms with Crippen molar-refractivity contribution in [3.63, 3.8) is 0 Å². The van der Waals surface area contributed by atoms with Crippen LogP contribution >= 0.6 is 12.6 Å². The Morgan fingerprint density at radius 1 is 1.03 bits per heavy atom. The number of hydrogen-bond acceptors (Lipinski definition) is 7. The summed E-state index contributed by atoms with van der Waals surface area (Å²) < 4.78 is 0. The van der Waals surface area contributed by atoms with Crippen LogP contribution < -0.4 is 27.4 Å². The van der Waals surface area contributed by atoms with Gasteiger partial charge in [-0.25, -0.2) is 0 Å². The lowest BCUT2D eigenvalue weighted by molar-refractivity contribution is -0.138. The maximum Gasteiger partial charge on any atom is 0.322 e. The molecule has 0 aliphatic carbocycles. The highest BCUT2D eigenvalue weighted by Crippen LogP contribution is 2.19. The molecule has 2 aromatic rings. The zero-order valence-corrected chi connectivity index (χ0v) is 19.1. The second-order valence-electron chi connectivity index (χ2n) is 7.59. The lowest BCUT2D eigenvalue weighted by atomic mass is 10.0. The van der Waals surface area contributed by atoms with Crippen molar-refractivity contribution in [2.45, 2.75) is 37.4 Å². The van der Waals surface area contributed by atoms with E-state index in [1.165, 1.54) is 0 Å². The first kappa shape index (κ1) is 26.7. The molecule has 12 nitrogen and oxygen atoms in total. The maximum absolute atomic E-state index is 12.8. The molecule has 4 amide bonds. The minimum absolute atomic E-state index is 0.00284. The number of nitrogens with one attached hydrogen (secondary N) is 4. The SMILES string of the molecule is NC(=O)CCC(N)C(=O)NC(CS)C(=O)NC(Cc1c[nH]c2ccccc12)C(=O)NCC(=O)O. The van der Waals surface area contributed by atoms with E-state index < -0.39 is 54.3 Å². The number of fused-ring (bicyclic) bond motifs is 1.